The SMILES string of the molecule is COCCOCCOCCOc1cc(CNC(=O)C(CCCNC(=O)c2ccc3cccnc3c2O)(CCCNC(=O)c2ccc3cccnc3c2O)CCCNC(=O)c2ccc3cccnc3c2O)cc(OCCOCCOCCOC)c1OCCOCCOCCOC.[Tc]. The number of aromatic hydroxyl groups is 3. The summed E-state index contributed by atoms with van der Waals surface area (Å²) in [7, 11) is 4.79. The van der Waals surface area contributed by atoms with E-state index in [4.69, 9.17) is 56.8 Å². The van der Waals surface area contributed by atoms with Gasteiger partial charge in [-0.2, -0.15) is 0 Å². The number of fused-ring (bicyclic) bond motifs is 3. The van der Waals surface area contributed by atoms with E-state index in [0.29, 0.717) is 101 Å². The third-order valence-corrected chi connectivity index (χ3v) is 15.2. The third-order valence-electron chi connectivity index (χ3n) is 15.2. The Balaban J connectivity index is 0.0000146. The van der Waals surface area contributed by atoms with E-state index < -0.39 is 23.1 Å². The van der Waals surface area contributed by atoms with E-state index in [9.17, 15) is 29.7 Å². The quantitative estimate of drug-likeness (QED) is 0.0192. The number of benzene rings is 4. The molecule has 0 atom stereocenters. The number of nitrogens with one attached hydrogen (secondary N) is 4. The van der Waals surface area contributed by atoms with Gasteiger partial charge in [0.2, 0.25) is 11.7 Å². The van der Waals surface area contributed by atoms with Gasteiger partial charge in [0, 0.05) is 108 Å². The second-order valence-corrected chi connectivity index (χ2v) is 21.8. The first kappa shape index (κ1) is 77.1. The summed E-state index contributed by atoms with van der Waals surface area (Å²) in [6.45, 7) is 5.59. The molecule has 0 unspecified atom stereocenters. The number of carbonyl (C=O) groups excluding carboxylic acids is 4. The van der Waals surface area contributed by atoms with E-state index in [1.54, 1.807) is 88.1 Å². The molecule has 0 bridgehead atoms. The number of nitrogens with zero attached hydrogens (tertiary/aromatic N) is 3. The topological polar surface area (TPSA) is 327 Å². The molecule has 0 fully saturated rings. The Morgan fingerprint density at radius 3 is 1.05 bits per heavy atom. The summed E-state index contributed by atoms with van der Waals surface area (Å²) in [5, 5.41) is 47.3. The molecule has 7 N–H and O–H groups in total. The molecule has 0 aliphatic carbocycles. The normalized spacial score (nSPS) is 11.4. The molecule has 3 heterocycles. The standard InChI is InChI=1S/C69H89N7O19.Tc/c1-84-28-31-87-34-37-90-40-43-93-56-46-49(47-57(94-44-41-91-38-35-88-32-29-85-2)64(56)95-45-42-92-39-36-89-33-30-86-3)48-76-68(83)69(19-7-25-73-65(80)53-16-13-50-10-4-22-70-58(50)61(53)77,20-8-26-74-66(81)54-17-14-51-11-5-23-71-59(51)62(54)78)21-9-27-75-67(82)55-18-15-52-12-6-24-72-60(52)63(55)79;/h4-6,10-18,22-24,46-47,77-79H,7-9,19-21,25-45,48H2,1-3H3,(H,73,80)(H,74,81)(H,75,82)(H,76,83);. The van der Waals surface area contributed by atoms with Gasteiger partial charge in [0.05, 0.1) is 116 Å². The van der Waals surface area contributed by atoms with Gasteiger partial charge in [-0.05, 0) is 92.6 Å². The van der Waals surface area contributed by atoms with Crippen LogP contribution in [0.25, 0.3) is 32.7 Å². The summed E-state index contributed by atoms with van der Waals surface area (Å²) in [6.07, 6.45) is 5.91. The van der Waals surface area contributed by atoms with Crippen LogP contribution in [0.5, 0.6) is 34.5 Å². The van der Waals surface area contributed by atoms with Gasteiger partial charge in [0.25, 0.3) is 17.7 Å². The first-order chi connectivity index (χ1) is 46.5. The van der Waals surface area contributed by atoms with Crippen molar-refractivity contribution in [2.75, 3.05) is 160 Å². The maximum Gasteiger partial charge on any atom is 0.255 e. The summed E-state index contributed by atoms with van der Waals surface area (Å²) in [5.41, 5.74) is 0.187. The van der Waals surface area contributed by atoms with Crippen molar-refractivity contribution >= 4 is 56.3 Å². The zero-order valence-corrected chi connectivity index (χ0v) is 56.6. The van der Waals surface area contributed by atoms with Crippen LogP contribution in [0.2, 0.25) is 0 Å². The smallest absolute Gasteiger partial charge is 0.255 e. The number of carbonyl (C=O) groups is 4. The molecule has 3 aromatic heterocycles. The Labute approximate surface area is 572 Å². The van der Waals surface area contributed by atoms with Gasteiger partial charge in [0.15, 0.2) is 28.7 Å². The zero-order valence-electron chi connectivity index (χ0n) is 54.7. The number of rotatable bonds is 48. The van der Waals surface area contributed by atoms with Crippen LogP contribution < -0.4 is 35.5 Å². The fraction of sp³-hybridized carbons (Fsp3) is 0.464. The fourth-order valence-corrected chi connectivity index (χ4v) is 10.3. The molecule has 0 saturated carbocycles. The summed E-state index contributed by atoms with van der Waals surface area (Å²) >= 11 is 0. The van der Waals surface area contributed by atoms with E-state index in [0.717, 1.165) is 0 Å². The second-order valence-electron chi connectivity index (χ2n) is 21.8. The molecule has 4 aromatic carbocycles. The van der Waals surface area contributed by atoms with Crippen molar-refractivity contribution in [2.45, 2.75) is 45.1 Å². The van der Waals surface area contributed by atoms with E-state index in [1.165, 1.54) is 36.8 Å². The third kappa shape index (κ3) is 24.3. The Kier molecular flexibility index (Phi) is 34.8. The number of aromatic nitrogens is 3. The van der Waals surface area contributed by atoms with Gasteiger partial charge in [-0.25, -0.2) is 0 Å². The molecular weight excluding hydrogens is 1330 g/mol. The van der Waals surface area contributed by atoms with Crippen LogP contribution in [0.3, 0.4) is 0 Å². The van der Waals surface area contributed by atoms with E-state index in [1.807, 2.05) is 0 Å². The van der Waals surface area contributed by atoms with Gasteiger partial charge >= 0.3 is 0 Å². The van der Waals surface area contributed by atoms with E-state index >= 15 is 4.79 Å². The molecule has 4 amide bonds. The summed E-state index contributed by atoms with van der Waals surface area (Å²) in [6, 6.07) is 23.6. The van der Waals surface area contributed by atoms with Crippen LogP contribution in [0.4, 0.5) is 0 Å². The van der Waals surface area contributed by atoms with Crippen molar-refractivity contribution in [3.63, 3.8) is 0 Å². The number of hydrogen-bond donors (Lipinski definition) is 7. The van der Waals surface area contributed by atoms with Gasteiger partial charge in [-0.3, -0.25) is 34.1 Å². The first-order valence-electron chi connectivity index (χ1n) is 31.8. The van der Waals surface area contributed by atoms with Crippen LogP contribution in [0.1, 0.15) is 75.2 Å². The maximum atomic E-state index is 15.6. The van der Waals surface area contributed by atoms with Crippen LogP contribution >= 0.6 is 0 Å². The molecule has 0 spiro atoms. The molecule has 0 aliphatic heterocycles. The number of ether oxygens (including phenoxy) is 12. The number of phenols is 3. The maximum absolute atomic E-state index is 15.6. The average molecular weight is 1420 g/mol. The minimum atomic E-state index is -1.25. The molecular formula is C69H89N7O19Tc. The number of methoxy groups -OCH3 is 3. The molecule has 26 nitrogen and oxygen atoms in total. The van der Waals surface area contributed by atoms with Crippen LogP contribution in [-0.4, -0.2) is 214 Å². The van der Waals surface area contributed by atoms with Crippen molar-refractivity contribution in [1.82, 2.24) is 36.2 Å². The van der Waals surface area contributed by atoms with Gasteiger partial charge in [-0.15, -0.1) is 0 Å². The predicted octanol–water partition coefficient (Wildman–Crippen LogP) is 6.85. The Morgan fingerprint density at radius 2 is 0.719 bits per heavy atom. The molecule has 96 heavy (non-hydrogen) atoms. The molecule has 0 aliphatic rings. The van der Waals surface area contributed by atoms with Crippen molar-refractivity contribution in [3.05, 3.63) is 126 Å². The molecule has 0 saturated heterocycles. The predicted molar refractivity (Wildman–Crippen MR) is 353 cm³/mol. The molecule has 7 rings (SSSR count). The zero-order chi connectivity index (χ0) is 67.3. The molecule has 27 heteroatoms. The van der Waals surface area contributed by atoms with Crippen molar-refractivity contribution < 1.29 is 111 Å². The van der Waals surface area contributed by atoms with Crippen molar-refractivity contribution in [3.8, 4) is 34.5 Å². The summed E-state index contributed by atoms with van der Waals surface area (Å²) < 4.78 is 68.5. The van der Waals surface area contributed by atoms with Crippen molar-refractivity contribution in [1.29, 1.82) is 0 Å². The number of phenolic OH excluding ortho intramolecular Hbond substituents is 3. The minimum absolute atomic E-state index is 0. The number of amides is 4. The Hall–Kier alpha value is -7.92. The first-order valence-corrected chi connectivity index (χ1v) is 31.8. The second kappa shape index (κ2) is 43.3. The Morgan fingerprint density at radius 1 is 0.406 bits per heavy atom. The molecule has 521 valence electrons. The summed E-state index contributed by atoms with van der Waals surface area (Å²) in [4.78, 5) is 69.6. The van der Waals surface area contributed by atoms with Crippen LogP contribution in [0, 0.1) is 5.41 Å². The van der Waals surface area contributed by atoms with Gasteiger partial charge < -0.3 is 93.4 Å². The fourth-order valence-electron chi connectivity index (χ4n) is 10.3. The minimum Gasteiger partial charge on any atom is -0.505 e. The average Bonchev–Trinajstić information content (AvgIpc) is 0.843. The largest absolute Gasteiger partial charge is 0.505 e. The monoisotopic (exact) mass is 1420 g/mol. The Bertz CT molecular complexity index is 3220. The van der Waals surface area contributed by atoms with Crippen LogP contribution in [-0.2, 0) is 74.1 Å². The van der Waals surface area contributed by atoms with Crippen molar-refractivity contribution in [2.24, 2.45) is 5.41 Å². The van der Waals surface area contributed by atoms with Gasteiger partial charge in [-0.1, -0.05) is 36.4 Å². The molecule has 1 radical (unpaired) electrons. The van der Waals surface area contributed by atoms with Gasteiger partial charge in [0.1, 0.15) is 36.4 Å². The number of hydrogen-bond acceptors (Lipinski definition) is 22. The summed E-state index contributed by atoms with van der Waals surface area (Å²) in [5.74, 6) is -2.02. The van der Waals surface area contributed by atoms with Crippen LogP contribution in [0.15, 0.2) is 104 Å². The van der Waals surface area contributed by atoms with E-state index in [-0.39, 0.29) is 198 Å². The number of pyridine rings is 3. The van der Waals surface area contributed by atoms with E-state index in [2.05, 4.69) is 36.2 Å². The molecule has 7 aromatic rings.